The Hall–Kier alpha value is -2.05. The number of aryl methyl sites for hydroxylation is 1. The zero-order valence-electron chi connectivity index (χ0n) is 9.78. The summed E-state index contributed by atoms with van der Waals surface area (Å²) in [6.45, 7) is 1.75. The number of alkyl halides is 3. The number of pyridine rings is 1. The van der Waals surface area contributed by atoms with E-state index in [1.807, 2.05) is 0 Å². The molecular formula is C11H11F3N4. The van der Waals surface area contributed by atoms with Crippen molar-refractivity contribution in [3.05, 3.63) is 35.7 Å². The van der Waals surface area contributed by atoms with Gasteiger partial charge >= 0.3 is 6.18 Å². The fraction of sp³-hybridized carbons (Fsp3) is 0.273. The lowest BCUT2D eigenvalue weighted by Gasteiger charge is -2.11. The SMILES string of the molecule is CNc1cc(C(F)(F)F)cc(-n2ccc(C)n2)n1. The first-order chi connectivity index (χ1) is 8.40. The molecular weight excluding hydrogens is 245 g/mol. The number of nitrogens with zero attached hydrogens (tertiary/aromatic N) is 3. The second kappa shape index (κ2) is 4.32. The van der Waals surface area contributed by atoms with Crippen LogP contribution in [0, 0.1) is 6.92 Å². The average molecular weight is 256 g/mol. The maximum atomic E-state index is 12.7. The number of rotatable bonds is 2. The van der Waals surface area contributed by atoms with E-state index in [4.69, 9.17) is 0 Å². The summed E-state index contributed by atoms with van der Waals surface area (Å²) in [7, 11) is 1.51. The first kappa shape index (κ1) is 12.4. The normalized spacial score (nSPS) is 11.6. The molecule has 7 heteroatoms. The van der Waals surface area contributed by atoms with Crippen molar-refractivity contribution in [1.82, 2.24) is 14.8 Å². The third-order valence-corrected chi connectivity index (χ3v) is 2.35. The quantitative estimate of drug-likeness (QED) is 0.898. The molecule has 18 heavy (non-hydrogen) atoms. The summed E-state index contributed by atoms with van der Waals surface area (Å²) in [4.78, 5) is 4.04. The van der Waals surface area contributed by atoms with Crippen LogP contribution in [0.4, 0.5) is 19.0 Å². The summed E-state index contributed by atoms with van der Waals surface area (Å²) in [5.41, 5.74) is -0.0507. The standard InChI is InChI=1S/C11H11F3N4/c1-7-3-4-18(17-7)10-6-8(11(12,13)14)5-9(15-2)16-10/h3-6H,1-2H3,(H,15,16). The van der Waals surface area contributed by atoms with Crippen molar-refractivity contribution in [3.8, 4) is 5.82 Å². The number of anilines is 1. The lowest BCUT2D eigenvalue weighted by molar-refractivity contribution is -0.137. The fourth-order valence-corrected chi connectivity index (χ4v) is 1.47. The van der Waals surface area contributed by atoms with Crippen LogP contribution in [0.2, 0.25) is 0 Å². The van der Waals surface area contributed by atoms with Crippen molar-refractivity contribution >= 4 is 5.82 Å². The number of hydrogen-bond acceptors (Lipinski definition) is 3. The molecule has 0 atom stereocenters. The van der Waals surface area contributed by atoms with E-state index in [1.54, 1.807) is 19.2 Å². The summed E-state index contributed by atoms with van der Waals surface area (Å²) in [5.74, 6) is 0.273. The van der Waals surface area contributed by atoms with E-state index in [0.717, 1.165) is 12.1 Å². The molecule has 0 aliphatic heterocycles. The summed E-state index contributed by atoms with van der Waals surface area (Å²) >= 11 is 0. The van der Waals surface area contributed by atoms with Gasteiger partial charge in [-0.3, -0.25) is 0 Å². The first-order valence-electron chi connectivity index (χ1n) is 5.20. The van der Waals surface area contributed by atoms with Crippen molar-refractivity contribution in [2.45, 2.75) is 13.1 Å². The number of aromatic nitrogens is 3. The third-order valence-electron chi connectivity index (χ3n) is 2.35. The van der Waals surface area contributed by atoms with Crippen LogP contribution in [0.1, 0.15) is 11.3 Å². The van der Waals surface area contributed by atoms with Gasteiger partial charge in [-0.25, -0.2) is 9.67 Å². The molecule has 0 bridgehead atoms. The second-order valence-corrected chi connectivity index (χ2v) is 3.75. The minimum absolute atomic E-state index is 0.127. The Labute approximate surface area is 101 Å². The Balaban J connectivity index is 2.54. The second-order valence-electron chi connectivity index (χ2n) is 3.75. The van der Waals surface area contributed by atoms with E-state index in [-0.39, 0.29) is 11.6 Å². The highest BCUT2D eigenvalue weighted by molar-refractivity contribution is 5.44. The molecule has 2 aromatic rings. The molecule has 2 heterocycles. The lowest BCUT2D eigenvalue weighted by atomic mass is 10.2. The zero-order valence-corrected chi connectivity index (χ0v) is 9.78. The van der Waals surface area contributed by atoms with Gasteiger partial charge in [-0.2, -0.15) is 18.3 Å². The molecule has 0 amide bonds. The predicted octanol–water partition coefficient (Wildman–Crippen LogP) is 2.64. The Morgan fingerprint density at radius 1 is 1.28 bits per heavy atom. The maximum absolute atomic E-state index is 12.7. The van der Waals surface area contributed by atoms with Gasteiger partial charge in [0.1, 0.15) is 5.82 Å². The number of hydrogen-bond donors (Lipinski definition) is 1. The van der Waals surface area contributed by atoms with Crippen molar-refractivity contribution in [3.63, 3.8) is 0 Å². The summed E-state index contributed by atoms with van der Waals surface area (Å²) < 4.78 is 39.5. The van der Waals surface area contributed by atoms with E-state index in [1.165, 1.54) is 11.7 Å². The molecule has 2 aromatic heterocycles. The van der Waals surface area contributed by atoms with Crippen LogP contribution >= 0.6 is 0 Å². The van der Waals surface area contributed by atoms with E-state index >= 15 is 0 Å². The molecule has 0 saturated carbocycles. The van der Waals surface area contributed by atoms with Crippen LogP contribution in [-0.4, -0.2) is 21.8 Å². The van der Waals surface area contributed by atoms with Gasteiger partial charge in [-0.1, -0.05) is 0 Å². The van der Waals surface area contributed by atoms with Crippen LogP contribution in [0.15, 0.2) is 24.4 Å². The van der Waals surface area contributed by atoms with Crippen molar-refractivity contribution in [2.24, 2.45) is 0 Å². The summed E-state index contributed by atoms with van der Waals surface area (Å²) in [6, 6.07) is 3.62. The maximum Gasteiger partial charge on any atom is 0.416 e. The van der Waals surface area contributed by atoms with Gasteiger partial charge < -0.3 is 5.32 Å². The van der Waals surface area contributed by atoms with Crippen LogP contribution in [0.3, 0.4) is 0 Å². The van der Waals surface area contributed by atoms with Gasteiger partial charge in [0.15, 0.2) is 5.82 Å². The highest BCUT2D eigenvalue weighted by Crippen LogP contribution is 2.31. The van der Waals surface area contributed by atoms with Gasteiger partial charge in [-0.05, 0) is 25.1 Å². The highest BCUT2D eigenvalue weighted by atomic mass is 19.4. The van der Waals surface area contributed by atoms with Crippen molar-refractivity contribution < 1.29 is 13.2 Å². The molecule has 0 aliphatic rings. The minimum atomic E-state index is -4.41. The van der Waals surface area contributed by atoms with Crippen LogP contribution in [-0.2, 0) is 6.18 Å². The molecule has 0 fully saturated rings. The predicted molar refractivity (Wildman–Crippen MR) is 60.6 cm³/mol. The van der Waals surface area contributed by atoms with E-state index < -0.39 is 11.7 Å². The Kier molecular flexibility index (Phi) is 2.98. The van der Waals surface area contributed by atoms with Crippen LogP contribution < -0.4 is 5.32 Å². The molecule has 96 valence electrons. The van der Waals surface area contributed by atoms with Crippen LogP contribution in [0.5, 0.6) is 0 Å². The largest absolute Gasteiger partial charge is 0.416 e. The number of nitrogens with one attached hydrogen (secondary N) is 1. The molecule has 0 aromatic carbocycles. The molecule has 0 radical (unpaired) electrons. The topological polar surface area (TPSA) is 42.7 Å². The van der Waals surface area contributed by atoms with Gasteiger partial charge in [-0.15, -0.1) is 0 Å². The third kappa shape index (κ3) is 2.44. The Bertz CT molecular complexity index is 560. The minimum Gasteiger partial charge on any atom is -0.373 e. The van der Waals surface area contributed by atoms with Crippen LogP contribution in [0.25, 0.3) is 5.82 Å². The van der Waals surface area contributed by atoms with Crippen molar-refractivity contribution in [1.29, 1.82) is 0 Å². The van der Waals surface area contributed by atoms with E-state index in [0.29, 0.717) is 5.69 Å². The van der Waals surface area contributed by atoms with Gasteiger partial charge in [0.25, 0.3) is 0 Å². The zero-order chi connectivity index (χ0) is 13.3. The first-order valence-corrected chi connectivity index (χ1v) is 5.20. The molecule has 0 aliphatic carbocycles. The summed E-state index contributed by atoms with van der Waals surface area (Å²) in [5, 5.41) is 6.64. The monoisotopic (exact) mass is 256 g/mol. The molecule has 0 spiro atoms. The molecule has 0 unspecified atom stereocenters. The van der Waals surface area contributed by atoms with Crippen molar-refractivity contribution in [2.75, 3.05) is 12.4 Å². The Morgan fingerprint density at radius 2 is 2.00 bits per heavy atom. The molecule has 4 nitrogen and oxygen atoms in total. The smallest absolute Gasteiger partial charge is 0.373 e. The number of halogens is 3. The lowest BCUT2D eigenvalue weighted by Crippen LogP contribution is -2.10. The highest BCUT2D eigenvalue weighted by Gasteiger charge is 2.31. The average Bonchev–Trinajstić information content (AvgIpc) is 2.74. The molecule has 2 rings (SSSR count). The van der Waals surface area contributed by atoms with Gasteiger partial charge in [0, 0.05) is 13.2 Å². The van der Waals surface area contributed by atoms with Gasteiger partial charge in [0.2, 0.25) is 0 Å². The molecule has 0 saturated heterocycles. The van der Waals surface area contributed by atoms with E-state index in [2.05, 4.69) is 15.4 Å². The summed E-state index contributed by atoms with van der Waals surface area (Å²) in [6.07, 6.45) is -2.84. The molecule has 1 N–H and O–H groups in total. The fourth-order valence-electron chi connectivity index (χ4n) is 1.47. The van der Waals surface area contributed by atoms with E-state index in [9.17, 15) is 13.2 Å². The van der Waals surface area contributed by atoms with Gasteiger partial charge in [0.05, 0.1) is 11.3 Å². The Morgan fingerprint density at radius 3 is 2.50 bits per heavy atom.